The molecule has 7 heteroatoms. The zero-order valence-electron chi connectivity index (χ0n) is 12.9. The van der Waals surface area contributed by atoms with E-state index >= 15 is 0 Å². The Labute approximate surface area is 129 Å². The molecule has 22 heavy (non-hydrogen) atoms. The third-order valence-corrected chi connectivity index (χ3v) is 4.42. The average molecular weight is 307 g/mol. The van der Waals surface area contributed by atoms with Gasteiger partial charge in [-0.2, -0.15) is 0 Å². The molecule has 0 aromatic carbocycles. The number of rotatable bonds is 3. The van der Waals surface area contributed by atoms with Crippen LogP contribution in [-0.4, -0.2) is 73.6 Å². The fourth-order valence-electron chi connectivity index (χ4n) is 3.16. The number of furan rings is 1. The molecule has 2 fully saturated rings. The Morgan fingerprint density at radius 3 is 2.91 bits per heavy atom. The molecule has 2 amide bonds. The van der Waals surface area contributed by atoms with Gasteiger partial charge >= 0.3 is 0 Å². The molecule has 0 bridgehead atoms. The topological polar surface area (TPSA) is 75.0 Å². The van der Waals surface area contributed by atoms with Crippen molar-refractivity contribution in [3.05, 3.63) is 23.7 Å². The Hall–Kier alpha value is -1.86. The van der Waals surface area contributed by atoms with Crippen LogP contribution in [0.5, 0.6) is 0 Å². The summed E-state index contributed by atoms with van der Waals surface area (Å²) in [6.45, 7) is 4.55. The molecule has 0 spiro atoms. The van der Waals surface area contributed by atoms with E-state index in [0.29, 0.717) is 44.1 Å². The molecule has 1 aromatic rings. The first-order chi connectivity index (χ1) is 10.6. The lowest BCUT2D eigenvalue weighted by atomic mass is 10.1. The van der Waals surface area contributed by atoms with Crippen molar-refractivity contribution in [2.75, 3.05) is 39.8 Å². The van der Waals surface area contributed by atoms with Crippen LogP contribution in [0.1, 0.15) is 16.1 Å². The van der Waals surface area contributed by atoms with Crippen LogP contribution >= 0.6 is 0 Å². The zero-order valence-corrected chi connectivity index (χ0v) is 12.9. The lowest BCUT2D eigenvalue weighted by Gasteiger charge is -2.35. The maximum atomic E-state index is 12.6. The molecular formula is C15H21N3O4. The SMILES string of the molecule is CNC(=O)CN1CCO[C@H]2CN(C(=O)c3ccoc3C)C[C@H]21. The van der Waals surface area contributed by atoms with Gasteiger partial charge in [0.05, 0.1) is 37.1 Å². The Balaban J connectivity index is 1.70. The molecule has 2 aliphatic rings. The molecule has 0 radical (unpaired) electrons. The standard InChI is InChI=1S/C15H21N3O4/c1-10-11(3-5-21-10)15(20)18-7-12-13(8-18)22-6-4-17(12)9-14(19)16-2/h3,5,12-13H,4,6-9H2,1-2H3,(H,16,19)/t12-,13+/m1/s1. The molecule has 2 aliphatic heterocycles. The van der Waals surface area contributed by atoms with Gasteiger partial charge in [0, 0.05) is 26.7 Å². The van der Waals surface area contributed by atoms with Gasteiger partial charge in [0.25, 0.3) is 5.91 Å². The van der Waals surface area contributed by atoms with Gasteiger partial charge in [-0.25, -0.2) is 0 Å². The normalized spacial score (nSPS) is 25.1. The molecule has 1 N–H and O–H groups in total. The van der Waals surface area contributed by atoms with E-state index in [2.05, 4.69) is 10.2 Å². The lowest BCUT2D eigenvalue weighted by molar-refractivity contribution is -0.125. The number of carbonyl (C=O) groups is 2. The summed E-state index contributed by atoms with van der Waals surface area (Å²) in [6.07, 6.45) is 1.50. The van der Waals surface area contributed by atoms with Crippen molar-refractivity contribution in [1.82, 2.24) is 15.1 Å². The summed E-state index contributed by atoms with van der Waals surface area (Å²) >= 11 is 0. The smallest absolute Gasteiger partial charge is 0.257 e. The first-order valence-electron chi connectivity index (χ1n) is 7.49. The number of likely N-dealkylation sites (N-methyl/N-ethyl adjacent to an activating group) is 1. The summed E-state index contributed by atoms with van der Waals surface area (Å²) in [4.78, 5) is 28.1. The van der Waals surface area contributed by atoms with Crippen molar-refractivity contribution in [2.45, 2.75) is 19.1 Å². The van der Waals surface area contributed by atoms with E-state index in [0.717, 1.165) is 0 Å². The number of fused-ring (bicyclic) bond motifs is 1. The van der Waals surface area contributed by atoms with Crippen LogP contribution < -0.4 is 5.32 Å². The number of carbonyl (C=O) groups excluding carboxylic acids is 2. The van der Waals surface area contributed by atoms with Gasteiger partial charge in [-0.3, -0.25) is 14.5 Å². The van der Waals surface area contributed by atoms with E-state index in [9.17, 15) is 9.59 Å². The van der Waals surface area contributed by atoms with Gasteiger partial charge in [0.1, 0.15) is 5.76 Å². The first kappa shape index (κ1) is 15.1. The van der Waals surface area contributed by atoms with Crippen LogP contribution in [0.15, 0.2) is 16.7 Å². The van der Waals surface area contributed by atoms with Crippen LogP contribution in [0.25, 0.3) is 0 Å². The minimum absolute atomic E-state index is 0.0175. The van der Waals surface area contributed by atoms with Crippen molar-refractivity contribution >= 4 is 11.8 Å². The minimum atomic E-state index is -0.0378. The van der Waals surface area contributed by atoms with Gasteiger partial charge in [0.15, 0.2) is 0 Å². The van der Waals surface area contributed by atoms with Crippen LogP contribution in [0.3, 0.4) is 0 Å². The monoisotopic (exact) mass is 307 g/mol. The van der Waals surface area contributed by atoms with E-state index in [1.165, 1.54) is 6.26 Å². The maximum absolute atomic E-state index is 12.6. The van der Waals surface area contributed by atoms with E-state index in [-0.39, 0.29) is 24.0 Å². The molecule has 0 saturated carbocycles. The maximum Gasteiger partial charge on any atom is 0.257 e. The lowest BCUT2D eigenvalue weighted by Crippen LogP contribution is -2.53. The summed E-state index contributed by atoms with van der Waals surface area (Å²) in [5, 5.41) is 2.64. The van der Waals surface area contributed by atoms with Crippen molar-refractivity contribution < 1.29 is 18.7 Å². The van der Waals surface area contributed by atoms with Gasteiger partial charge in [-0.15, -0.1) is 0 Å². The van der Waals surface area contributed by atoms with Gasteiger partial charge in [0.2, 0.25) is 5.91 Å². The highest BCUT2D eigenvalue weighted by atomic mass is 16.5. The fraction of sp³-hybridized carbons (Fsp3) is 0.600. The van der Waals surface area contributed by atoms with Crippen molar-refractivity contribution in [2.24, 2.45) is 0 Å². The van der Waals surface area contributed by atoms with E-state index in [1.807, 2.05) is 0 Å². The van der Waals surface area contributed by atoms with E-state index < -0.39 is 0 Å². The molecule has 2 saturated heterocycles. The second-order valence-electron chi connectivity index (χ2n) is 5.72. The quantitative estimate of drug-likeness (QED) is 0.841. The predicted octanol–water partition coefficient (Wildman–Crippen LogP) is -0.141. The van der Waals surface area contributed by atoms with Crippen LogP contribution in [-0.2, 0) is 9.53 Å². The molecule has 1 aromatic heterocycles. The van der Waals surface area contributed by atoms with Gasteiger partial charge in [-0.05, 0) is 13.0 Å². The number of aryl methyl sites for hydroxylation is 1. The van der Waals surface area contributed by atoms with Crippen LogP contribution in [0.4, 0.5) is 0 Å². The van der Waals surface area contributed by atoms with Gasteiger partial charge < -0.3 is 19.4 Å². The number of hydrogen-bond donors (Lipinski definition) is 1. The number of amides is 2. The number of hydrogen-bond acceptors (Lipinski definition) is 5. The third kappa shape index (κ3) is 2.74. The van der Waals surface area contributed by atoms with E-state index in [1.54, 1.807) is 24.9 Å². The minimum Gasteiger partial charge on any atom is -0.469 e. The molecule has 0 aliphatic carbocycles. The number of ether oxygens (including phenoxy) is 1. The summed E-state index contributed by atoms with van der Waals surface area (Å²) < 4.78 is 11.0. The zero-order chi connectivity index (χ0) is 15.7. The third-order valence-electron chi connectivity index (χ3n) is 4.42. The second kappa shape index (κ2) is 6.10. The van der Waals surface area contributed by atoms with Crippen molar-refractivity contribution in [3.8, 4) is 0 Å². The highest BCUT2D eigenvalue weighted by molar-refractivity contribution is 5.95. The average Bonchev–Trinajstić information content (AvgIpc) is 3.13. The number of nitrogens with one attached hydrogen (secondary N) is 1. The Morgan fingerprint density at radius 2 is 2.23 bits per heavy atom. The fourth-order valence-corrected chi connectivity index (χ4v) is 3.16. The second-order valence-corrected chi connectivity index (χ2v) is 5.72. The number of nitrogens with zero attached hydrogens (tertiary/aromatic N) is 2. The summed E-state index contributed by atoms with van der Waals surface area (Å²) in [7, 11) is 1.63. The van der Waals surface area contributed by atoms with Crippen molar-refractivity contribution in [1.29, 1.82) is 0 Å². The molecular weight excluding hydrogens is 286 g/mol. The van der Waals surface area contributed by atoms with Crippen LogP contribution in [0.2, 0.25) is 0 Å². The Kier molecular flexibility index (Phi) is 4.17. The van der Waals surface area contributed by atoms with Crippen molar-refractivity contribution in [3.63, 3.8) is 0 Å². The summed E-state index contributed by atoms with van der Waals surface area (Å²) in [6, 6.07) is 1.77. The Bertz CT molecular complexity index is 571. The molecule has 3 heterocycles. The number of morpholine rings is 1. The molecule has 7 nitrogen and oxygen atoms in total. The van der Waals surface area contributed by atoms with E-state index in [4.69, 9.17) is 9.15 Å². The highest BCUT2D eigenvalue weighted by Crippen LogP contribution is 2.25. The van der Waals surface area contributed by atoms with Crippen LogP contribution in [0, 0.1) is 6.92 Å². The summed E-state index contributed by atoms with van der Waals surface area (Å²) in [5.74, 6) is 0.572. The predicted molar refractivity (Wildman–Crippen MR) is 78.5 cm³/mol. The molecule has 3 rings (SSSR count). The highest BCUT2D eigenvalue weighted by Gasteiger charge is 2.42. The largest absolute Gasteiger partial charge is 0.469 e. The molecule has 2 atom stereocenters. The van der Waals surface area contributed by atoms with Gasteiger partial charge in [-0.1, -0.05) is 0 Å². The summed E-state index contributed by atoms with van der Waals surface area (Å²) in [5.41, 5.74) is 0.594. The molecule has 0 unspecified atom stereocenters. The Morgan fingerprint density at radius 1 is 1.41 bits per heavy atom. The number of likely N-dealkylation sites (tertiary alicyclic amines) is 1. The first-order valence-corrected chi connectivity index (χ1v) is 7.49. The molecule has 120 valence electrons.